The fourth-order valence-corrected chi connectivity index (χ4v) is 9.07. The van der Waals surface area contributed by atoms with Crippen molar-refractivity contribution in [3.8, 4) is 23.0 Å². The third-order valence-electron chi connectivity index (χ3n) is 11.8. The van der Waals surface area contributed by atoms with Crippen LogP contribution >= 0.6 is 0 Å². The number of aliphatic hydroxyl groups excluding tert-OH is 1. The van der Waals surface area contributed by atoms with Crippen molar-refractivity contribution in [3.05, 3.63) is 46.5 Å². The van der Waals surface area contributed by atoms with Crippen molar-refractivity contribution in [1.82, 2.24) is 9.80 Å². The molecule has 326 valence electrons. The van der Waals surface area contributed by atoms with E-state index in [0.29, 0.717) is 85.2 Å². The van der Waals surface area contributed by atoms with Gasteiger partial charge in [0.15, 0.2) is 23.0 Å². The fraction of sp³-hybridized carbons (Fsp3) is 0.717. The highest BCUT2D eigenvalue weighted by Crippen LogP contribution is 2.45. The molecule has 0 aliphatic carbocycles. The van der Waals surface area contributed by atoms with Crippen LogP contribution in [0.15, 0.2) is 24.3 Å². The first kappa shape index (κ1) is 46.0. The number of halogens is 4. The molecule has 4 aliphatic rings. The number of ether oxygens (including phenoxy) is 4. The molecule has 4 aliphatic heterocycles. The lowest BCUT2D eigenvalue weighted by atomic mass is 9.79. The van der Waals surface area contributed by atoms with E-state index in [1.165, 1.54) is 11.1 Å². The summed E-state index contributed by atoms with van der Waals surface area (Å²) in [6, 6.07) is 8.18. The minimum Gasteiger partial charge on any atom is -0.490 e. The van der Waals surface area contributed by atoms with Gasteiger partial charge in [0, 0.05) is 76.3 Å². The number of hydrogen-bond donors (Lipinski definition) is 1. The Labute approximate surface area is 343 Å². The molecule has 0 amide bonds. The number of carbonyl (C=O) groups excluding carboxylic acids is 1. The number of carbonyl (C=O) groups is 1. The van der Waals surface area contributed by atoms with Gasteiger partial charge in [0.25, 0.3) is 0 Å². The van der Waals surface area contributed by atoms with Crippen LogP contribution in [0.25, 0.3) is 0 Å². The molecule has 0 bridgehead atoms. The molecule has 8 nitrogen and oxygen atoms in total. The van der Waals surface area contributed by atoms with Gasteiger partial charge in [-0.15, -0.1) is 0 Å². The molecular weight excluding hydrogens is 753 g/mol. The van der Waals surface area contributed by atoms with E-state index >= 15 is 0 Å². The van der Waals surface area contributed by atoms with Gasteiger partial charge in [-0.3, -0.25) is 32.2 Å². The molecule has 2 saturated heterocycles. The van der Waals surface area contributed by atoms with Crippen LogP contribution in [0.3, 0.4) is 0 Å². The van der Waals surface area contributed by atoms with Crippen molar-refractivity contribution in [2.45, 2.75) is 110 Å². The predicted octanol–water partition coefficient (Wildman–Crippen LogP) is 9.19. The maximum atomic E-state index is 12.8. The van der Waals surface area contributed by atoms with E-state index in [1.807, 2.05) is 24.3 Å². The van der Waals surface area contributed by atoms with Crippen molar-refractivity contribution < 1.29 is 46.4 Å². The summed E-state index contributed by atoms with van der Waals surface area (Å²) in [4.78, 5) is 17.7. The zero-order chi connectivity index (χ0) is 41.6. The van der Waals surface area contributed by atoms with Crippen LogP contribution in [0.2, 0.25) is 0 Å². The maximum absolute atomic E-state index is 12.8. The molecule has 0 aromatic heterocycles. The second kappa shape index (κ2) is 23.1. The standard InChI is InChI=1S/C23H35F2NO3.C23H33F2NO3/c2*1-16(2)11-18-15-26-8-5-17-12-22(28-9-3-6-24)23(29-10-4-7-25)13-19(17)20(26)14-21(18)27/h12-13,16,18,20-21,27H,3-11,14-15H2,1-2H3;12-13,16,18,20H,3-11,14-15H2,1-2H3. The molecule has 5 atom stereocenters. The fourth-order valence-electron chi connectivity index (χ4n) is 9.07. The van der Waals surface area contributed by atoms with Crippen LogP contribution in [-0.2, 0) is 17.6 Å². The highest BCUT2D eigenvalue weighted by molar-refractivity contribution is 5.83. The van der Waals surface area contributed by atoms with Gasteiger partial charge in [-0.1, -0.05) is 27.7 Å². The van der Waals surface area contributed by atoms with Crippen molar-refractivity contribution in [3.63, 3.8) is 0 Å². The Hall–Kier alpha value is -3.09. The van der Waals surface area contributed by atoms with Crippen molar-refractivity contribution in [2.24, 2.45) is 23.7 Å². The molecule has 4 heterocycles. The van der Waals surface area contributed by atoms with Crippen LogP contribution in [-0.4, -0.2) is 106 Å². The van der Waals surface area contributed by atoms with Gasteiger partial charge < -0.3 is 24.1 Å². The monoisotopic (exact) mass is 821 g/mol. The van der Waals surface area contributed by atoms with Gasteiger partial charge in [0.1, 0.15) is 5.78 Å². The second-order valence-corrected chi connectivity index (χ2v) is 17.3. The average Bonchev–Trinajstić information content (AvgIpc) is 3.19. The smallest absolute Gasteiger partial charge is 0.161 e. The van der Waals surface area contributed by atoms with Crippen molar-refractivity contribution >= 4 is 5.78 Å². The molecule has 58 heavy (non-hydrogen) atoms. The Bertz CT molecular complexity index is 1580. The summed E-state index contributed by atoms with van der Waals surface area (Å²) in [5.41, 5.74) is 4.65. The van der Waals surface area contributed by atoms with Gasteiger partial charge in [-0.2, -0.15) is 0 Å². The van der Waals surface area contributed by atoms with Crippen LogP contribution < -0.4 is 18.9 Å². The molecule has 0 radical (unpaired) electrons. The van der Waals surface area contributed by atoms with Gasteiger partial charge in [0.2, 0.25) is 0 Å². The van der Waals surface area contributed by atoms with Gasteiger partial charge >= 0.3 is 0 Å². The summed E-state index contributed by atoms with van der Waals surface area (Å²) in [6.07, 6.45) is 6.01. The summed E-state index contributed by atoms with van der Waals surface area (Å²) in [7, 11) is 0. The van der Waals surface area contributed by atoms with E-state index in [-0.39, 0.29) is 43.9 Å². The lowest BCUT2D eigenvalue weighted by Crippen LogP contribution is -2.48. The number of piperidine rings is 2. The predicted molar refractivity (Wildman–Crippen MR) is 219 cm³/mol. The van der Waals surface area contributed by atoms with Gasteiger partial charge in [-0.05, 0) is 96.4 Å². The highest BCUT2D eigenvalue weighted by Gasteiger charge is 2.40. The minimum absolute atomic E-state index is 0.0677. The summed E-state index contributed by atoms with van der Waals surface area (Å²) < 4.78 is 73.1. The molecular formula is C46H68F4N2O6. The van der Waals surface area contributed by atoms with Crippen LogP contribution in [0, 0.1) is 23.7 Å². The van der Waals surface area contributed by atoms with Crippen LogP contribution in [0.5, 0.6) is 23.0 Å². The first-order valence-corrected chi connectivity index (χ1v) is 21.8. The third-order valence-corrected chi connectivity index (χ3v) is 11.8. The molecule has 0 saturated carbocycles. The van der Waals surface area contributed by atoms with E-state index in [0.717, 1.165) is 69.4 Å². The van der Waals surface area contributed by atoms with E-state index in [4.69, 9.17) is 18.9 Å². The summed E-state index contributed by atoms with van der Waals surface area (Å²) in [6.45, 7) is 11.7. The zero-order valence-corrected chi connectivity index (χ0v) is 35.3. The molecule has 12 heteroatoms. The summed E-state index contributed by atoms with van der Waals surface area (Å²) in [5, 5.41) is 10.8. The molecule has 2 aromatic rings. The van der Waals surface area contributed by atoms with Crippen molar-refractivity contribution in [1.29, 1.82) is 0 Å². The molecule has 5 unspecified atom stereocenters. The largest absolute Gasteiger partial charge is 0.490 e. The van der Waals surface area contributed by atoms with E-state index < -0.39 is 26.7 Å². The van der Waals surface area contributed by atoms with E-state index in [9.17, 15) is 27.5 Å². The minimum atomic E-state index is -0.439. The number of benzene rings is 2. The number of nitrogens with zero attached hydrogens (tertiary/aromatic N) is 2. The molecule has 2 fully saturated rings. The lowest BCUT2D eigenvalue weighted by Gasteiger charge is -2.46. The van der Waals surface area contributed by atoms with Crippen molar-refractivity contribution in [2.75, 3.05) is 79.3 Å². The van der Waals surface area contributed by atoms with Gasteiger partial charge in [0.05, 0.1) is 59.2 Å². The third kappa shape index (κ3) is 12.5. The van der Waals surface area contributed by atoms with Crippen LogP contribution in [0.1, 0.15) is 113 Å². The normalized spacial score (nSPS) is 23.0. The quantitative estimate of drug-likeness (QED) is 0.105. The second-order valence-electron chi connectivity index (χ2n) is 17.3. The van der Waals surface area contributed by atoms with E-state index in [2.05, 4.69) is 37.5 Å². The zero-order valence-electron chi connectivity index (χ0n) is 35.3. The number of fused-ring (bicyclic) bond motifs is 6. The van der Waals surface area contributed by atoms with Gasteiger partial charge in [-0.25, -0.2) is 0 Å². The molecule has 6 rings (SSSR count). The maximum Gasteiger partial charge on any atom is 0.161 e. The first-order chi connectivity index (χ1) is 28.1. The molecule has 0 spiro atoms. The number of Topliss-reactive ketones (excluding diaryl/α,β-unsaturated/α-hetero) is 1. The Kier molecular flexibility index (Phi) is 18.3. The van der Waals surface area contributed by atoms with E-state index in [1.54, 1.807) is 0 Å². The number of aliphatic hydroxyl groups is 1. The number of hydrogen-bond acceptors (Lipinski definition) is 8. The Morgan fingerprint density at radius 2 is 1.07 bits per heavy atom. The Morgan fingerprint density at radius 1 is 0.638 bits per heavy atom. The summed E-state index contributed by atoms with van der Waals surface area (Å²) >= 11 is 0. The number of ketones is 1. The summed E-state index contributed by atoms with van der Waals surface area (Å²) in [5.74, 6) is 4.22. The lowest BCUT2D eigenvalue weighted by molar-refractivity contribution is -0.129. The van der Waals surface area contributed by atoms with Crippen LogP contribution in [0.4, 0.5) is 17.6 Å². The molecule has 2 aromatic carbocycles. The highest BCUT2D eigenvalue weighted by atomic mass is 19.1. The topological polar surface area (TPSA) is 80.7 Å². The Morgan fingerprint density at radius 3 is 1.52 bits per heavy atom. The number of alkyl halides is 4. The SMILES string of the molecule is CC(C)CC1CN2CCc3cc(OCCCF)c(OCCCF)cc3C2CC1=O.CC(C)CC1CN2CCc3cc(OCCCF)c(OCCCF)cc3C2CC1O. The Balaban J connectivity index is 0.000000221. The first-order valence-electron chi connectivity index (χ1n) is 21.8. The number of rotatable bonds is 20. The average molecular weight is 821 g/mol. The molecule has 1 N–H and O–H groups in total.